The van der Waals surface area contributed by atoms with Crippen LogP contribution < -0.4 is 5.73 Å². The highest BCUT2D eigenvalue weighted by atomic mass is 79.9. The second kappa shape index (κ2) is 4.86. The fourth-order valence-electron chi connectivity index (χ4n) is 1.53. The van der Waals surface area contributed by atoms with Gasteiger partial charge in [-0.3, -0.25) is 4.79 Å². The van der Waals surface area contributed by atoms with Gasteiger partial charge in [0.25, 0.3) is 0 Å². The number of ketones is 1. The highest BCUT2D eigenvalue weighted by Gasteiger charge is 2.16. The van der Waals surface area contributed by atoms with Crippen LogP contribution in [-0.2, 0) is 0 Å². The van der Waals surface area contributed by atoms with Gasteiger partial charge in [0.2, 0.25) is 5.78 Å². The maximum atomic E-state index is 12.2. The average Bonchev–Trinajstić information content (AvgIpc) is 2.34. The SMILES string of the molecule is Cc1nc(N)c(C(=O)c2ccc(Br)cc2)nc1C. The number of nitrogen functional groups attached to an aromatic ring is 1. The molecule has 0 atom stereocenters. The molecule has 0 bridgehead atoms. The molecule has 0 aliphatic rings. The van der Waals surface area contributed by atoms with E-state index in [2.05, 4.69) is 25.9 Å². The van der Waals surface area contributed by atoms with Gasteiger partial charge < -0.3 is 5.73 Å². The highest BCUT2D eigenvalue weighted by molar-refractivity contribution is 9.10. The minimum absolute atomic E-state index is 0.172. The lowest BCUT2D eigenvalue weighted by Gasteiger charge is -2.06. The molecule has 1 aromatic heterocycles. The number of carbonyl (C=O) groups is 1. The number of hydrogen-bond acceptors (Lipinski definition) is 4. The summed E-state index contributed by atoms with van der Waals surface area (Å²) >= 11 is 3.32. The first-order chi connectivity index (χ1) is 8.49. The molecule has 1 heterocycles. The van der Waals surface area contributed by atoms with Crippen LogP contribution in [0.1, 0.15) is 27.4 Å². The lowest BCUT2D eigenvalue weighted by molar-refractivity contribution is 0.103. The number of carbonyl (C=O) groups excluding carboxylic acids is 1. The summed E-state index contributed by atoms with van der Waals surface area (Å²) in [5.41, 5.74) is 7.96. The number of nitrogens with two attached hydrogens (primary N) is 1. The van der Waals surface area contributed by atoms with Crippen LogP contribution in [0.4, 0.5) is 5.82 Å². The minimum atomic E-state index is -0.212. The molecule has 0 aliphatic heterocycles. The molecule has 92 valence electrons. The maximum absolute atomic E-state index is 12.2. The summed E-state index contributed by atoms with van der Waals surface area (Å²) in [6.45, 7) is 3.62. The number of anilines is 1. The third-order valence-corrected chi connectivity index (χ3v) is 3.18. The molecule has 1 aromatic carbocycles. The Hall–Kier alpha value is -1.75. The van der Waals surface area contributed by atoms with Crippen LogP contribution >= 0.6 is 15.9 Å². The molecule has 18 heavy (non-hydrogen) atoms. The average molecular weight is 306 g/mol. The molecule has 2 rings (SSSR count). The quantitative estimate of drug-likeness (QED) is 0.866. The van der Waals surface area contributed by atoms with Gasteiger partial charge >= 0.3 is 0 Å². The van der Waals surface area contributed by atoms with E-state index >= 15 is 0 Å². The molecule has 0 radical (unpaired) electrons. The van der Waals surface area contributed by atoms with Gasteiger partial charge in [-0.25, -0.2) is 9.97 Å². The zero-order valence-corrected chi connectivity index (χ0v) is 11.7. The Morgan fingerprint density at radius 2 is 1.67 bits per heavy atom. The number of rotatable bonds is 2. The van der Waals surface area contributed by atoms with E-state index in [1.165, 1.54) is 0 Å². The van der Waals surface area contributed by atoms with E-state index in [0.29, 0.717) is 11.3 Å². The van der Waals surface area contributed by atoms with Gasteiger partial charge in [0, 0.05) is 10.0 Å². The van der Waals surface area contributed by atoms with Gasteiger partial charge in [-0.2, -0.15) is 0 Å². The third-order valence-electron chi connectivity index (χ3n) is 2.66. The molecule has 0 saturated carbocycles. The van der Waals surface area contributed by atoms with Gasteiger partial charge in [0.05, 0.1) is 11.4 Å². The summed E-state index contributed by atoms with van der Waals surface area (Å²) in [7, 11) is 0. The number of nitrogens with zero attached hydrogens (tertiary/aromatic N) is 2. The second-order valence-corrected chi connectivity index (χ2v) is 4.88. The van der Waals surface area contributed by atoms with Gasteiger partial charge in [-0.1, -0.05) is 15.9 Å². The predicted octanol–water partition coefficient (Wildman–Crippen LogP) is 2.67. The lowest BCUT2D eigenvalue weighted by Crippen LogP contribution is -2.12. The standard InChI is InChI=1S/C13H12BrN3O/c1-7-8(2)17-13(15)11(16-7)12(18)9-3-5-10(14)6-4-9/h3-6H,1-2H3,(H2,15,17). The normalized spacial score (nSPS) is 10.4. The molecule has 2 N–H and O–H groups in total. The van der Waals surface area contributed by atoms with Crippen LogP contribution in [0.2, 0.25) is 0 Å². The molecular formula is C13H12BrN3O. The fourth-order valence-corrected chi connectivity index (χ4v) is 1.79. The van der Waals surface area contributed by atoms with Crippen molar-refractivity contribution in [3.05, 3.63) is 51.4 Å². The van der Waals surface area contributed by atoms with E-state index in [4.69, 9.17) is 5.73 Å². The molecule has 0 unspecified atom stereocenters. The Bertz CT molecular complexity index is 608. The van der Waals surface area contributed by atoms with Crippen LogP contribution in [0.15, 0.2) is 28.7 Å². The van der Waals surface area contributed by atoms with Crippen molar-refractivity contribution in [2.45, 2.75) is 13.8 Å². The topological polar surface area (TPSA) is 68.9 Å². The number of benzene rings is 1. The van der Waals surface area contributed by atoms with Crippen molar-refractivity contribution in [1.29, 1.82) is 0 Å². The summed E-state index contributed by atoms with van der Waals surface area (Å²) in [5.74, 6) is -0.0402. The molecule has 0 spiro atoms. The predicted molar refractivity (Wildman–Crippen MR) is 73.5 cm³/mol. The van der Waals surface area contributed by atoms with Crippen molar-refractivity contribution in [2.75, 3.05) is 5.73 Å². The fraction of sp³-hybridized carbons (Fsp3) is 0.154. The zero-order valence-electron chi connectivity index (χ0n) is 10.1. The summed E-state index contributed by atoms with van der Waals surface area (Å²) in [6.07, 6.45) is 0. The van der Waals surface area contributed by atoms with Crippen molar-refractivity contribution in [2.24, 2.45) is 0 Å². The Morgan fingerprint density at radius 1 is 1.11 bits per heavy atom. The largest absolute Gasteiger partial charge is 0.382 e. The van der Waals surface area contributed by atoms with E-state index in [1.807, 2.05) is 6.92 Å². The molecule has 4 nitrogen and oxygen atoms in total. The summed E-state index contributed by atoms with van der Waals surface area (Å²) < 4.78 is 0.915. The number of aryl methyl sites for hydroxylation is 2. The molecule has 0 aliphatic carbocycles. The lowest BCUT2D eigenvalue weighted by atomic mass is 10.1. The second-order valence-electron chi connectivity index (χ2n) is 3.96. The van der Waals surface area contributed by atoms with Gasteiger partial charge in [-0.15, -0.1) is 0 Å². The zero-order chi connectivity index (χ0) is 13.3. The monoisotopic (exact) mass is 305 g/mol. The molecule has 0 amide bonds. The van der Waals surface area contributed by atoms with Crippen molar-refractivity contribution in [3.63, 3.8) is 0 Å². The van der Waals surface area contributed by atoms with Crippen molar-refractivity contribution in [3.8, 4) is 0 Å². The van der Waals surface area contributed by atoms with E-state index in [0.717, 1.165) is 10.2 Å². The van der Waals surface area contributed by atoms with Crippen LogP contribution in [0.5, 0.6) is 0 Å². The first-order valence-corrected chi connectivity index (χ1v) is 6.19. The van der Waals surface area contributed by atoms with Gasteiger partial charge in [0.15, 0.2) is 11.5 Å². The highest BCUT2D eigenvalue weighted by Crippen LogP contribution is 2.17. The van der Waals surface area contributed by atoms with Crippen LogP contribution in [0.25, 0.3) is 0 Å². The van der Waals surface area contributed by atoms with E-state index in [-0.39, 0.29) is 17.3 Å². The van der Waals surface area contributed by atoms with Crippen LogP contribution in [-0.4, -0.2) is 15.8 Å². The van der Waals surface area contributed by atoms with E-state index < -0.39 is 0 Å². The first kappa shape index (κ1) is 12.7. The Morgan fingerprint density at radius 3 is 2.28 bits per heavy atom. The first-order valence-electron chi connectivity index (χ1n) is 5.40. The summed E-state index contributed by atoms with van der Waals surface area (Å²) in [6, 6.07) is 7.06. The minimum Gasteiger partial charge on any atom is -0.382 e. The van der Waals surface area contributed by atoms with Crippen molar-refractivity contribution < 1.29 is 4.79 Å². The van der Waals surface area contributed by atoms with E-state index in [9.17, 15) is 4.79 Å². The number of aromatic nitrogens is 2. The summed E-state index contributed by atoms with van der Waals surface area (Å²) in [5, 5.41) is 0. The smallest absolute Gasteiger partial charge is 0.215 e. The van der Waals surface area contributed by atoms with E-state index in [1.54, 1.807) is 31.2 Å². The summed E-state index contributed by atoms with van der Waals surface area (Å²) in [4.78, 5) is 20.6. The molecule has 0 saturated heterocycles. The number of hydrogen-bond donors (Lipinski definition) is 1. The number of halogens is 1. The molecular weight excluding hydrogens is 294 g/mol. The van der Waals surface area contributed by atoms with Crippen LogP contribution in [0, 0.1) is 13.8 Å². The van der Waals surface area contributed by atoms with Gasteiger partial charge in [-0.05, 0) is 38.1 Å². The van der Waals surface area contributed by atoms with Crippen molar-refractivity contribution >= 4 is 27.5 Å². The van der Waals surface area contributed by atoms with Gasteiger partial charge in [0.1, 0.15) is 0 Å². The van der Waals surface area contributed by atoms with Crippen molar-refractivity contribution in [1.82, 2.24) is 9.97 Å². The Kier molecular flexibility index (Phi) is 3.43. The molecule has 0 fully saturated rings. The Labute approximate surface area is 113 Å². The van der Waals surface area contributed by atoms with Crippen LogP contribution in [0.3, 0.4) is 0 Å². The maximum Gasteiger partial charge on any atom is 0.215 e. The Balaban J connectivity index is 2.46. The molecule has 2 aromatic rings. The molecule has 5 heteroatoms. The third kappa shape index (κ3) is 2.41.